The van der Waals surface area contributed by atoms with Crippen molar-refractivity contribution in [3.63, 3.8) is 0 Å². The van der Waals surface area contributed by atoms with E-state index in [0.717, 1.165) is 17.0 Å². The SMILES string of the molecule is CSCC(C)N(C)c1cc(CN)nc2ccccc12. The van der Waals surface area contributed by atoms with E-state index in [1.807, 2.05) is 23.9 Å². The number of benzene rings is 1. The molecule has 2 rings (SSSR count). The van der Waals surface area contributed by atoms with Crippen LogP contribution in [0.4, 0.5) is 5.69 Å². The van der Waals surface area contributed by atoms with Crippen LogP contribution < -0.4 is 10.6 Å². The Kier molecular flexibility index (Phi) is 4.66. The van der Waals surface area contributed by atoms with Gasteiger partial charge in [0, 0.05) is 36.5 Å². The normalized spacial score (nSPS) is 12.6. The van der Waals surface area contributed by atoms with Crippen LogP contribution in [0.15, 0.2) is 30.3 Å². The molecule has 1 aromatic heterocycles. The standard InChI is InChI=1S/C15H21N3S/c1-11(10-19-3)18(2)15-8-12(9-16)17-14-7-5-4-6-13(14)15/h4-8,11H,9-10,16H2,1-3H3. The Morgan fingerprint density at radius 1 is 1.37 bits per heavy atom. The number of pyridine rings is 1. The molecule has 102 valence electrons. The third-order valence-corrected chi connectivity index (χ3v) is 4.22. The minimum Gasteiger partial charge on any atom is -0.370 e. The van der Waals surface area contributed by atoms with E-state index in [1.54, 1.807) is 0 Å². The predicted molar refractivity (Wildman–Crippen MR) is 85.9 cm³/mol. The van der Waals surface area contributed by atoms with Gasteiger partial charge in [-0.15, -0.1) is 0 Å². The molecule has 0 bridgehead atoms. The number of para-hydroxylation sites is 1. The fourth-order valence-electron chi connectivity index (χ4n) is 2.20. The molecule has 1 heterocycles. The second-order valence-electron chi connectivity index (χ2n) is 4.77. The lowest BCUT2D eigenvalue weighted by atomic mass is 10.1. The smallest absolute Gasteiger partial charge is 0.0726 e. The molecule has 3 nitrogen and oxygen atoms in total. The van der Waals surface area contributed by atoms with Gasteiger partial charge in [-0.3, -0.25) is 4.98 Å². The van der Waals surface area contributed by atoms with Crippen molar-refractivity contribution in [1.29, 1.82) is 0 Å². The monoisotopic (exact) mass is 275 g/mol. The molecule has 2 N–H and O–H groups in total. The van der Waals surface area contributed by atoms with Gasteiger partial charge < -0.3 is 10.6 Å². The number of aromatic nitrogens is 1. The summed E-state index contributed by atoms with van der Waals surface area (Å²) in [5.74, 6) is 1.10. The Bertz CT molecular complexity index is 556. The molecular weight excluding hydrogens is 254 g/mol. The molecule has 4 heteroatoms. The van der Waals surface area contributed by atoms with Gasteiger partial charge in [-0.2, -0.15) is 11.8 Å². The van der Waals surface area contributed by atoms with Crippen LogP contribution in [-0.4, -0.2) is 30.1 Å². The minimum atomic E-state index is 0.475. The molecule has 19 heavy (non-hydrogen) atoms. The number of thioether (sulfide) groups is 1. The average molecular weight is 275 g/mol. The molecule has 2 aromatic rings. The Balaban J connectivity index is 2.51. The molecule has 0 aliphatic rings. The number of fused-ring (bicyclic) bond motifs is 1. The van der Waals surface area contributed by atoms with Crippen molar-refractivity contribution in [2.45, 2.75) is 19.5 Å². The topological polar surface area (TPSA) is 42.1 Å². The number of anilines is 1. The van der Waals surface area contributed by atoms with Gasteiger partial charge in [0.05, 0.1) is 11.2 Å². The number of hydrogen-bond donors (Lipinski definition) is 1. The summed E-state index contributed by atoms with van der Waals surface area (Å²) in [4.78, 5) is 6.90. The summed E-state index contributed by atoms with van der Waals surface area (Å²) >= 11 is 1.87. The fourth-order valence-corrected chi connectivity index (χ4v) is 2.90. The van der Waals surface area contributed by atoms with Gasteiger partial charge in [0.15, 0.2) is 0 Å². The van der Waals surface area contributed by atoms with E-state index in [0.29, 0.717) is 12.6 Å². The van der Waals surface area contributed by atoms with Crippen LogP contribution in [0.5, 0.6) is 0 Å². The average Bonchev–Trinajstić information content (AvgIpc) is 2.45. The van der Waals surface area contributed by atoms with E-state index in [2.05, 4.69) is 48.3 Å². The Labute approximate surface area is 119 Å². The van der Waals surface area contributed by atoms with Crippen molar-refractivity contribution in [3.8, 4) is 0 Å². The highest BCUT2D eigenvalue weighted by molar-refractivity contribution is 7.98. The van der Waals surface area contributed by atoms with Crippen LogP contribution in [0.1, 0.15) is 12.6 Å². The molecule has 1 aromatic carbocycles. The van der Waals surface area contributed by atoms with Gasteiger partial charge in [-0.25, -0.2) is 0 Å². The highest BCUT2D eigenvalue weighted by Gasteiger charge is 2.13. The van der Waals surface area contributed by atoms with Crippen molar-refractivity contribution in [2.24, 2.45) is 5.73 Å². The second kappa shape index (κ2) is 6.26. The first-order valence-corrected chi connectivity index (χ1v) is 7.87. The summed E-state index contributed by atoms with van der Waals surface area (Å²) in [7, 11) is 2.14. The molecular formula is C15H21N3S. The lowest BCUT2D eigenvalue weighted by Crippen LogP contribution is -2.31. The Hall–Kier alpha value is -1.26. The maximum absolute atomic E-state index is 5.76. The van der Waals surface area contributed by atoms with Crippen molar-refractivity contribution >= 4 is 28.4 Å². The van der Waals surface area contributed by atoms with Gasteiger partial charge in [-0.1, -0.05) is 18.2 Å². The molecule has 1 unspecified atom stereocenters. The summed E-state index contributed by atoms with van der Waals surface area (Å²) in [6.45, 7) is 2.72. The second-order valence-corrected chi connectivity index (χ2v) is 5.68. The zero-order valence-electron chi connectivity index (χ0n) is 11.8. The highest BCUT2D eigenvalue weighted by Crippen LogP contribution is 2.27. The minimum absolute atomic E-state index is 0.475. The first kappa shape index (κ1) is 14.2. The van der Waals surface area contributed by atoms with Crippen LogP contribution in [0.3, 0.4) is 0 Å². The molecule has 0 aliphatic carbocycles. The van der Waals surface area contributed by atoms with Gasteiger partial charge in [0.1, 0.15) is 0 Å². The number of hydrogen-bond acceptors (Lipinski definition) is 4. The van der Waals surface area contributed by atoms with Crippen LogP contribution in [0.2, 0.25) is 0 Å². The molecule has 0 fully saturated rings. The van der Waals surface area contributed by atoms with Crippen molar-refractivity contribution in [1.82, 2.24) is 4.98 Å². The number of rotatable bonds is 5. The molecule has 0 aliphatic heterocycles. The van der Waals surface area contributed by atoms with Crippen molar-refractivity contribution in [3.05, 3.63) is 36.0 Å². The first-order valence-electron chi connectivity index (χ1n) is 6.48. The quantitative estimate of drug-likeness (QED) is 0.911. The maximum Gasteiger partial charge on any atom is 0.0726 e. The maximum atomic E-state index is 5.76. The molecule has 0 saturated heterocycles. The van der Waals surface area contributed by atoms with E-state index in [-0.39, 0.29) is 0 Å². The number of nitrogens with zero attached hydrogens (tertiary/aromatic N) is 2. The largest absolute Gasteiger partial charge is 0.370 e. The third kappa shape index (κ3) is 3.01. The molecule has 0 amide bonds. The van der Waals surface area contributed by atoms with E-state index in [4.69, 9.17) is 5.73 Å². The Morgan fingerprint density at radius 3 is 2.79 bits per heavy atom. The van der Waals surface area contributed by atoms with Crippen LogP contribution in [0, 0.1) is 0 Å². The van der Waals surface area contributed by atoms with E-state index in [9.17, 15) is 0 Å². The van der Waals surface area contributed by atoms with Crippen LogP contribution >= 0.6 is 11.8 Å². The van der Waals surface area contributed by atoms with Gasteiger partial charge in [0.25, 0.3) is 0 Å². The summed E-state index contributed by atoms with van der Waals surface area (Å²) < 4.78 is 0. The fraction of sp³-hybridized carbons (Fsp3) is 0.400. The van der Waals surface area contributed by atoms with Crippen molar-refractivity contribution in [2.75, 3.05) is 24.0 Å². The molecule has 0 spiro atoms. The summed E-state index contributed by atoms with van der Waals surface area (Å²) in [6.07, 6.45) is 2.14. The molecule has 1 atom stereocenters. The molecule has 0 radical (unpaired) electrons. The summed E-state index contributed by atoms with van der Waals surface area (Å²) in [6, 6.07) is 10.8. The van der Waals surface area contributed by atoms with Crippen LogP contribution in [-0.2, 0) is 6.54 Å². The van der Waals surface area contributed by atoms with Gasteiger partial charge >= 0.3 is 0 Å². The zero-order valence-corrected chi connectivity index (χ0v) is 12.6. The lowest BCUT2D eigenvalue weighted by molar-refractivity contribution is 0.766. The summed E-state index contributed by atoms with van der Waals surface area (Å²) in [5, 5.41) is 1.19. The predicted octanol–water partition coefficient (Wildman–Crippen LogP) is 2.88. The number of nitrogens with two attached hydrogens (primary N) is 1. The lowest BCUT2D eigenvalue weighted by Gasteiger charge is -2.28. The first-order chi connectivity index (χ1) is 9.17. The van der Waals surface area contributed by atoms with Crippen molar-refractivity contribution < 1.29 is 0 Å². The highest BCUT2D eigenvalue weighted by atomic mass is 32.2. The van der Waals surface area contributed by atoms with E-state index < -0.39 is 0 Å². The summed E-state index contributed by atoms with van der Waals surface area (Å²) in [5.41, 5.74) is 8.93. The van der Waals surface area contributed by atoms with E-state index in [1.165, 1.54) is 11.1 Å². The van der Waals surface area contributed by atoms with Crippen LogP contribution in [0.25, 0.3) is 10.9 Å². The van der Waals surface area contributed by atoms with E-state index >= 15 is 0 Å². The third-order valence-electron chi connectivity index (χ3n) is 3.41. The Morgan fingerprint density at radius 2 is 2.11 bits per heavy atom. The van der Waals surface area contributed by atoms with Gasteiger partial charge in [-0.05, 0) is 25.3 Å². The van der Waals surface area contributed by atoms with Gasteiger partial charge in [0.2, 0.25) is 0 Å². The zero-order chi connectivity index (χ0) is 13.8. The molecule has 0 saturated carbocycles.